The maximum Gasteiger partial charge on any atom is 0.0382 e. The second-order valence-electron chi connectivity index (χ2n) is 5.55. The predicted molar refractivity (Wildman–Crippen MR) is 55.9 cm³/mol. The molecule has 0 N–H and O–H groups in total. The van der Waals surface area contributed by atoms with Crippen LogP contribution in [0.2, 0.25) is 0 Å². The molecule has 0 aromatic carbocycles. The molecule has 13 heavy (non-hydrogen) atoms. The lowest BCUT2D eigenvalue weighted by molar-refractivity contribution is -0.000180. The van der Waals surface area contributed by atoms with Crippen molar-refractivity contribution >= 4 is 0 Å². The first kappa shape index (κ1) is 9.47. The Hall–Kier alpha value is -0.0800. The fourth-order valence-corrected chi connectivity index (χ4v) is 2.89. The number of likely N-dealkylation sites (N-methyl/N-ethyl adjacent to an activating group) is 1. The molecule has 2 rings (SSSR count). The van der Waals surface area contributed by atoms with Crippen molar-refractivity contribution < 1.29 is 0 Å². The van der Waals surface area contributed by atoms with E-state index in [0.29, 0.717) is 5.54 Å². The molecular formula is C11H22N2. The average molecular weight is 182 g/mol. The van der Waals surface area contributed by atoms with E-state index in [4.69, 9.17) is 0 Å². The second-order valence-corrected chi connectivity index (χ2v) is 5.55. The van der Waals surface area contributed by atoms with Crippen LogP contribution in [0.15, 0.2) is 0 Å². The van der Waals surface area contributed by atoms with E-state index in [9.17, 15) is 0 Å². The zero-order valence-electron chi connectivity index (χ0n) is 9.54. The number of rotatable bonds is 1. The lowest BCUT2D eigenvalue weighted by Gasteiger charge is -2.49. The van der Waals surface area contributed by atoms with Crippen LogP contribution in [-0.2, 0) is 0 Å². The third-order valence-electron chi connectivity index (χ3n) is 4.09. The zero-order chi connectivity index (χ0) is 9.80. The Morgan fingerprint density at radius 3 is 2.31 bits per heavy atom. The van der Waals surface area contributed by atoms with Gasteiger partial charge in [0, 0.05) is 30.2 Å². The quantitative estimate of drug-likeness (QED) is 0.607. The summed E-state index contributed by atoms with van der Waals surface area (Å²) in [6.07, 6.45) is 1.34. The number of fused-ring (bicyclic) bond motifs is 1. The van der Waals surface area contributed by atoms with Crippen LogP contribution in [0.1, 0.15) is 34.1 Å². The summed E-state index contributed by atoms with van der Waals surface area (Å²) in [7, 11) is 2.28. The van der Waals surface area contributed by atoms with E-state index in [-0.39, 0.29) is 0 Å². The van der Waals surface area contributed by atoms with Crippen molar-refractivity contribution in [2.45, 2.75) is 57.8 Å². The van der Waals surface area contributed by atoms with Gasteiger partial charge in [-0.15, -0.1) is 0 Å². The maximum atomic E-state index is 2.63. The van der Waals surface area contributed by atoms with Gasteiger partial charge in [-0.3, -0.25) is 9.80 Å². The molecular weight excluding hydrogens is 160 g/mol. The fraction of sp³-hybridized carbons (Fsp3) is 1.00. The zero-order valence-corrected chi connectivity index (χ0v) is 9.54. The largest absolute Gasteiger partial charge is 0.295 e. The third kappa shape index (κ3) is 1.23. The SMILES string of the molecule is CC(C)N1CC2C1CC(C)(C)N2C. The highest BCUT2D eigenvalue weighted by Gasteiger charge is 2.53. The summed E-state index contributed by atoms with van der Waals surface area (Å²) in [6, 6.07) is 2.39. The van der Waals surface area contributed by atoms with E-state index in [1.165, 1.54) is 13.0 Å². The van der Waals surface area contributed by atoms with E-state index in [0.717, 1.165) is 18.1 Å². The van der Waals surface area contributed by atoms with E-state index in [1.54, 1.807) is 0 Å². The standard InChI is InChI=1S/C11H22N2/c1-8(2)13-7-10-9(13)6-11(3,4)12(10)5/h8-10H,6-7H2,1-5H3. The summed E-state index contributed by atoms with van der Waals surface area (Å²) < 4.78 is 0. The highest BCUT2D eigenvalue weighted by molar-refractivity contribution is 5.10. The molecule has 2 unspecified atom stereocenters. The third-order valence-corrected chi connectivity index (χ3v) is 4.09. The van der Waals surface area contributed by atoms with Gasteiger partial charge in [-0.1, -0.05) is 0 Å². The number of nitrogens with zero attached hydrogens (tertiary/aromatic N) is 2. The highest BCUT2D eigenvalue weighted by atomic mass is 15.4. The number of likely N-dealkylation sites (tertiary alicyclic amines) is 2. The maximum absolute atomic E-state index is 2.63. The van der Waals surface area contributed by atoms with Gasteiger partial charge in [-0.25, -0.2) is 0 Å². The van der Waals surface area contributed by atoms with Crippen molar-refractivity contribution in [2.24, 2.45) is 0 Å². The van der Waals surface area contributed by atoms with Gasteiger partial charge in [0.1, 0.15) is 0 Å². The Labute approximate surface area is 81.9 Å². The monoisotopic (exact) mass is 182 g/mol. The van der Waals surface area contributed by atoms with Crippen molar-refractivity contribution in [3.05, 3.63) is 0 Å². The Balaban J connectivity index is 2.07. The van der Waals surface area contributed by atoms with E-state index in [2.05, 4.69) is 44.5 Å². The van der Waals surface area contributed by atoms with Gasteiger partial charge in [0.15, 0.2) is 0 Å². The average Bonchev–Trinajstić information content (AvgIpc) is 2.10. The van der Waals surface area contributed by atoms with Gasteiger partial charge < -0.3 is 0 Å². The normalized spacial score (nSPS) is 39.2. The minimum atomic E-state index is 0.416. The summed E-state index contributed by atoms with van der Waals surface area (Å²) in [5.41, 5.74) is 0.416. The first-order valence-corrected chi connectivity index (χ1v) is 5.42. The lowest BCUT2D eigenvalue weighted by atomic mass is 9.92. The molecule has 2 heteroatoms. The lowest BCUT2D eigenvalue weighted by Crippen LogP contribution is -2.63. The van der Waals surface area contributed by atoms with Crippen molar-refractivity contribution in [1.82, 2.24) is 9.80 Å². The Morgan fingerprint density at radius 1 is 1.23 bits per heavy atom. The van der Waals surface area contributed by atoms with Crippen LogP contribution in [0.25, 0.3) is 0 Å². The van der Waals surface area contributed by atoms with Crippen LogP contribution < -0.4 is 0 Å². The number of hydrogen-bond acceptors (Lipinski definition) is 2. The molecule has 0 spiro atoms. The highest BCUT2D eigenvalue weighted by Crippen LogP contribution is 2.41. The van der Waals surface area contributed by atoms with Crippen molar-refractivity contribution in [1.29, 1.82) is 0 Å². The molecule has 0 saturated carbocycles. The molecule has 2 heterocycles. The molecule has 2 saturated heterocycles. The molecule has 2 atom stereocenters. The second kappa shape index (κ2) is 2.71. The topological polar surface area (TPSA) is 6.48 Å². The molecule has 0 radical (unpaired) electrons. The molecule has 0 amide bonds. The molecule has 0 bridgehead atoms. The summed E-state index contributed by atoms with van der Waals surface area (Å²) in [6.45, 7) is 10.6. The van der Waals surface area contributed by atoms with Crippen molar-refractivity contribution in [2.75, 3.05) is 13.6 Å². The van der Waals surface area contributed by atoms with Crippen molar-refractivity contribution in [3.63, 3.8) is 0 Å². The minimum absolute atomic E-state index is 0.416. The van der Waals surface area contributed by atoms with Crippen LogP contribution >= 0.6 is 0 Å². The summed E-state index contributed by atoms with van der Waals surface area (Å²) in [5.74, 6) is 0. The summed E-state index contributed by atoms with van der Waals surface area (Å²) in [5, 5.41) is 0. The summed E-state index contributed by atoms with van der Waals surface area (Å²) in [4.78, 5) is 5.20. The molecule has 0 aromatic rings. The van der Waals surface area contributed by atoms with Crippen LogP contribution in [-0.4, -0.2) is 47.1 Å². The predicted octanol–water partition coefficient (Wildman–Crippen LogP) is 1.56. The van der Waals surface area contributed by atoms with Crippen LogP contribution in [0.5, 0.6) is 0 Å². The van der Waals surface area contributed by atoms with Gasteiger partial charge >= 0.3 is 0 Å². The Kier molecular flexibility index (Phi) is 1.97. The molecule has 0 aliphatic carbocycles. The molecule has 2 aliphatic heterocycles. The van der Waals surface area contributed by atoms with E-state index >= 15 is 0 Å². The van der Waals surface area contributed by atoms with Crippen LogP contribution in [0.3, 0.4) is 0 Å². The summed E-state index contributed by atoms with van der Waals surface area (Å²) >= 11 is 0. The first-order chi connectivity index (χ1) is 5.93. The van der Waals surface area contributed by atoms with Gasteiger partial charge in [0.2, 0.25) is 0 Å². The minimum Gasteiger partial charge on any atom is -0.295 e. The molecule has 76 valence electrons. The molecule has 2 aliphatic rings. The van der Waals surface area contributed by atoms with Crippen molar-refractivity contribution in [3.8, 4) is 0 Å². The molecule has 0 aromatic heterocycles. The van der Waals surface area contributed by atoms with Crippen LogP contribution in [0.4, 0.5) is 0 Å². The van der Waals surface area contributed by atoms with Gasteiger partial charge in [-0.05, 0) is 41.2 Å². The first-order valence-electron chi connectivity index (χ1n) is 5.42. The smallest absolute Gasteiger partial charge is 0.0382 e. The molecule has 2 fully saturated rings. The molecule has 2 nitrogen and oxygen atoms in total. The Bertz CT molecular complexity index is 210. The van der Waals surface area contributed by atoms with Gasteiger partial charge in [0.25, 0.3) is 0 Å². The Morgan fingerprint density at radius 2 is 1.85 bits per heavy atom. The van der Waals surface area contributed by atoms with E-state index < -0.39 is 0 Å². The van der Waals surface area contributed by atoms with Crippen LogP contribution in [0, 0.1) is 0 Å². The van der Waals surface area contributed by atoms with E-state index in [1.807, 2.05) is 0 Å². The van der Waals surface area contributed by atoms with Gasteiger partial charge in [-0.2, -0.15) is 0 Å². The fourth-order valence-electron chi connectivity index (χ4n) is 2.89. The number of hydrogen-bond donors (Lipinski definition) is 0. The van der Waals surface area contributed by atoms with Gasteiger partial charge in [0.05, 0.1) is 0 Å².